The topological polar surface area (TPSA) is 75.7 Å². The van der Waals surface area contributed by atoms with Gasteiger partial charge >= 0.3 is 12.0 Å². The number of urea groups is 1. The first kappa shape index (κ1) is 14.5. The standard InChI is InChI=1S/C12H20N2O4/c1-4-6-7-18-9(15)8-14-10(16)12(3,5-2)13-11(14)17/h4-8H2,1-3H3,(H,13,17)/t12-/m1/s1. The van der Waals surface area contributed by atoms with Gasteiger partial charge in [0.05, 0.1) is 6.61 Å². The number of unbranched alkanes of at least 4 members (excludes halogenated alkanes) is 1. The molecule has 0 radical (unpaired) electrons. The number of hydrogen-bond acceptors (Lipinski definition) is 4. The van der Waals surface area contributed by atoms with Crippen LogP contribution in [-0.4, -0.2) is 41.5 Å². The van der Waals surface area contributed by atoms with Crippen LogP contribution < -0.4 is 5.32 Å². The second kappa shape index (κ2) is 5.84. The van der Waals surface area contributed by atoms with Gasteiger partial charge in [0.1, 0.15) is 12.1 Å². The second-order valence-corrected chi connectivity index (χ2v) is 4.58. The van der Waals surface area contributed by atoms with Gasteiger partial charge in [0.2, 0.25) is 0 Å². The van der Waals surface area contributed by atoms with Crippen molar-refractivity contribution in [2.24, 2.45) is 0 Å². The zero-order chi connectivity index (χ0) is 13.8. The average molecular weight is 256 g/mol. The largest absolute Gasteiger partial charge is 0.464 e. The van der Waals surface area contributed by atoms with E-state index in [9.17, 15) is 14.4 Å². The van der Waals surface area contributed by atoms with Crippen molar-refractivity contribution in [3.63, 3.8) is 0 Å². The number of carbonyl (C=O) groups excluding carboxylic acids is 3. The number of carbonyl (C=O) groups is 3. The van der Waals surface area contributed by atoms with Crippen LogP contribution in [0.1, 0.15) is 40.0 Å². The molecule has 1 aliphatic rings. The lowest BCUT2D eigenvalue weighted by Crippen LogP contribution is -2.43. The van der Waals surface area contributed by atoms with Crippen molar-refractivity contribution in [1.82, 2.24) is 10.2 Å². The smallest absolute Gasteiger partial charge is 0.326 e. The van der Waals surface area contributed by atoms with Crippen LogP contribution in [0.4, 0.5) is 4.79 Å². The quantitative estimate of drug-likeness (QED) is 0.438. The van der Waals surface area contributed by atoms with E-state index in [2.05, 4.69) is 5.32 Å². The molecule has 0 unspecified atom stereocenters. The average Bonchev–Trinajstić information content (AvgIpc) is 2.54. The minimum Gasteiger partial charge on any atom is -0.464 e. The Balaban J connectivity index is 2.55. The summed E-state index contributed by atoms with van der Waals surface area (Å²) in [6.07, 6.45) is 2.18. The van der Waals surface area contributed by atoms with Gasteiger partial charge in [-0.05, 0) is 19.8 Å². The van der Waals surface area contributed by atoms with Crippen LogP contribution in [0.15, 0.2) is 0 Å². The van der Waals surface area contributed by atoms with Crippen LogP contribution in [0.25, 0.3) is 0 Å². The van der Waals surface area contributed by atoms with Crippen LogP contribution in [0, 0.1) is 0 Å². The molecule has 18 heavy (non-hydrogen) atoms. The van der Waals surface area contributed by atoms with E-state index in [0.717, 1.165) is 17.7 Å². The van der Waals surface area contributed by atoms with E-state index < -0.39 is 17.5 Å². The maximum absolute atomic E-state index is 12.0. The van der Waals surface area contributed by atoms with Crippen molar-refractivity contribution >= 4 is 17.9 Å². The third-order valence-electron chi connectivity index (χ3n) is 3.10. The van der Waals surface area contributed by atoms with E-state index in [4.69, 9.17) is 4.74 Å². The Morgan fingerprint density at radius 1 is 1.39 bits per heavy atom. The number of rotatable bonds is 6. The fraction of sp³-hybridized carbons (Fsp3) is 0.750. The van der Waals surface area contributed by atoms with Gasteiger partial charge in [-0.2, -0.15) is 0 Å². The molecule has 0 bridgehead atoms. The molecular weight excluding hydrogens is 236 g/mol. The zero-order valence-corrected chi connectivity index (χ0v) is 11.1. The summed E-state index contributed by atoms with van der Waals surface area (Å²) in [7, 11) is 0. The predicted octanol–water partition coefficient (Wildman–Crippen LogP) is 1.05. The molecule has 1 fully saturated rings. The first-order chi connectivity index (χ1) is 8.44. The molecule has 0 spiro atoms. The molecule has 1 atom stereocenters. The molecule has 6 nitrogen and oxygen atoms in total. The summed E-state index contributed by atoms with van der Waals surface area (Å²) in [6.45, 7) is 5.45. The lowest BCUT2D eigenvalue weighted by atomic mass is 9.99. The van der Waals surface area contributed by atoms with Gasteiger partial charge in [0, 0.05) is 0 Å². The molecule has 102 valence electrons. The Morgan fingerprint density at radius 2 is 2.06 bits per heavy atom. The van der Waals surface area contributed by atoms with E-state index in [1.807, 2.05) is 6.92 Å². The predicted molar refractivity (Wildman–Crippen MR) is 64.8 cm³/mol. The molecule has 1 heterocycles. The van der Waals surface area contributed by atoms with Crippen LogP contribution >= 0.6 is 0 Å². The molecule has 0 aromatic heterocycles. The fourth-order valence-corrected chi connectivity index (χ4v) is 1.64. The van der Waals surface area contributed by atoms with Gasteiger partial charge < -0.3 is 10.1 Å². The molecule has 1 aliphatic heterocycles. The van der Waals surface area contributed by atoms with Gasteiger partial charge in [-0.3, -0.25) is 14.5 Å². The van der Waals surface area contributed by atoms with E-state index >= 15 is 0 Å². The molecule has 0 aromatic carbocycles. The molecule has 0 saturated carbocycles. The lowest BCUT2D eigenvalue weighted by molar-refractivity contribution is -0.147. The van der Waals surface area contributed by atoms with Gasteiger partial charge in [-0.15, -0.1) is 0 Å². The minimum atomic E-state index is -0.902. The summed E-state index contributed by atoms with van der Waals surface area (Å²) in [4.78, 5) is 36.0. The van der Waals surface area contributed by atoms with Gasteiger partial charge in [0.15, 0.2) is 0 Å². The van der Waals surface area contributed by atoms with Gasteiger partial charge in [0.25, 0.3) is 5.91 Å². The summed E-state index contributed by atoms with van der Waals surface area (Å²) in [5.74, 6) is -0.922. The lowest BCUT2D eigenvalue weighted by Gasteiger charge is -2.18. The number of nitrogens with one attached hydrogen (secondary N) is 1. The minimum absolute atomic E-state index is 0.316. The summed E-state index contributed by atoms with van der Waals surface area (Å²) < 4.78 is 4.93. The highest BCUT2D eigenvalue weighted by Crippen LogP contribution is 2.20. The highest BCUT2D eigenvalue weighted by molar-refractivity contribution is 6.08. The maximum Gasteiger partial charge on any atom is 0.326 e. The fourth-order valence-electron chi connectivity index (χ4n) is 1.64. The van der Waals surface area contributed by atoms with Crippen LogP contribution in [0.5, 0.6) is 0 Å². The third kappa shape index (κ3) is 3.00. The molecule has 0 aliphatic carbocycles. The molecule has 6 heteroatoms. The summed E-state index contributed by atoms with van der Waals surface area (Å²) in [5, 5.41) is 2.58. The Labute approximate surface area is 107 Å². The molecule has 0 aromatic rings. The Hall–Kier alpha value is -1.59. The highest BCUT2D eigenvalue weighted by atomic mass is 16.5. The second-order valence-electron chi connectivity index (χ2n) is 4.58. The van der Waals surface area contributed by atoms with Crippen molar-refractivity contribution in [3.8, 4) is 0 Å². The van der Waals surface area contributed by atoms with E-state index in [1.54, 1.807) is 13.8 Å². The van der Waals surface area contributed by atoms with Crippen molar-refractivity contribution in [3.05, 3.63) is 0 Å². The monoisotopic (exact) mass is 256 g/mol. The Kier molecular flexibility index (Phi) is 4.69. The van der Waals surface area contributed by atoms with Crippen molar-refractivity contribution in [1.29, 1.82) is 0 Å². The third-order valence-corrected chi connectivity index (χ3v) is 3.10. The normalized spacial score (nSPS) is 23.2. The number of esters is 1. The van der Waals surface area contributed by atoms with Crippen LogP contribution in [-0.2, 0) is 14.3 Å². The van der Waals surface area contributed by atoms with Crippen molar-refractivity contribution in [2.45, 2.75) is 45.6 Å². The van der Waals surface area contributed by atoms with Gasteiger partial charge in [-0.25, -0.2) is 4.79 Å². The van der Waals surface area contributed by atoms with Crippen LogP contribution in [0.2, 0.25) is 0 Å². The molecule has 1 rings (SSSR count). The van der Waals surface area contributed by atoms with Crippen LogP contribution in [0.3, 0.4) is 0 Å². The Bertz CT molecular complexity index is 356. The number of ether oxygens (including phenoxy) is 1. The number of imide groups is 1. The summed E-state index contributed by atoms with van der Waals surface area (Å²) >= 11 is 0. The number of amides is 3. The summed E-state index contributed by atoms with van der Waals surface area (Å²) in [6, 6.07) is -0.531. The molecular formula is C12H20N2O4. The number of hydrogen-bond donors (Lipinski definition) is 1. The van der Waals surface area contributed by atoms with E-state index in [1.165, 1.54) is 0 Å². The summed E-state index contributed by atoms with van der Waals surface area (Å²) in [5.41, 5.74) is -0.902. The zero-order valence-electron chi connectivity index (χ0n) is 11.1. The highest BCUT2D eigenvalue weighted by Gasteiger charge is 2.47. The SMILES string of the molecule is CCCCOC(=O)CN1C(=O)N[C@](C)(CC)C1=O. The van der Waals surface area contributed by atoms with Crippen molar-refractivity contribution in [2.75, 3.05) is 13.2 Å². The molecule has 1 N–H and O–H groups in total. The molecule has 3 amide bonds. The van der Waals surface area contributed by atoms with E-state index in [-0.39, 0.29) is 12.5 Å². The Morgan fingerprint density at radius 3 is 2.56 bits per heavy atom. The van der Waals surface area contributed by atoms with Gasteiger partial charge in [-0.1, -0.05) is 20.3 Å². The first-order valence-electron chi connectivity index (χ1n) is 6.24. The van der Waals surface area contributed by atoms with E-state index in [0.29, 0.717) is 13.0 Å². The first-order valence-corrected chi connectivity index (χ1v) is 6.24. The van der Waals surface area contributed by atoms with Crippen molar-refractivity contribution < 1.29 is 19.1 Å². The maximum atomic E-state index is 12.0. The number of nitrogens with zero attached hydrogens (tertiary/aromatic N) is 1. The molecule has 1 saturated heterocycles.